The van der Waals surface area contributed by atoms with Gasteiger partial charge in [0.15, 0.2) is 0 Å². The Labute approximate surface area is 160 Å². The molecule has 6 nitrogen and oxygen atoms in total. The van der Waals surface area contributed by atoms with Crippen LogP contribution in [0.4, 0.5) is 10.1 Å². The zero-order valence-electron chi connectivity index (χ0n) is 14.8. The number of rotatable bonds is 3. The number of nitrogens with zero attached hydrogens (tertiary/aromatic N) is 3. The van der Waals surface area contributed by atoms with Crippen molar-refractivity contribution in [2.75, 3.05) is 10.7 Å². The molecule has 8 heteroatoms. The molecule has 2 heterocycles. The van der Waals surface area contributed by atoms with Crippen LogP contribution in [0.15, 0.2) is 53.7 Å². The summed E-state index contributed by atoms with van der Waals surface area (Å²) in [5, 5.41) is 11.3. The van der Waals surface area contributed by atoms with Gasteiger partial charge in [0.25, 0.3) is 0 Å². The first-order valence-corrected chi connectivity index (χ1v) is 9.37. The van der Waals surface area contributed by atoms with Crippen molar-refractivity contribution in [1.82, 2.24) is 14.9 Å². The standard InChI is InChI=1S/C19H18FN5OS/c1-11-3-9-15(10-4-11)21-18(26)17-16(13-5-7-14(20)8-6-13)24-25-12(2)22-23-19(25)27-17/h3-10,16-17,24H,1-2H3,(H,21,26)/t16-,17+/m0/s1. The maximum absolute atomic E-state index is 13.4. The molecule has 1 aliphatic heterocycles. The van der Waals surface area contributed by atoms with Gasteiger partial charge in [0.05, 0.1) is 6.04 Å². The first-order chi connectivity index (χ1) is 13.0. The van der Waals surface area contributed by atoms with E-state index in [9.17, 15) is 9.18 Å². The van der Waals surface area contributed by atoms with Gasteiger partial charge in [-0.3, -0.25) is 4.79 Å². The molecule has 4 rings (SSSR count). The van der Waals surface area contributed by atoms with Crippen LogP contribution in [0.3, 0.4) is 0 Å². The normalized spacial score (nSPS) is 18.5. The molecule has 2 N–H and O–H groups in total. The lowest BCUT2D eigenvalue weighted by atomic mass is 10.0. The minimum atomic E-state index is -0.493. The Balaban J connectivity index is 1.65. The number of carbonyl (C=O) groups is 1. The topological polar surface area (TPSA) is 71.8 Å². The molecule has 0 spiro atoms. The highest BCUT2D eigenvalue weighted by Crippen LogP contribution is 2.37. The molecular formula is C19H18FN5OS. The number of thioether (sulfide) groups is 1. The summed E-state index contributed by atoms with van der Waals surface area (Å²) in [7, 11) is 0. The van der Waals surface area contributed by atoms with Crippen LogP contribution in [0.5, 0.6) is 0 Å². The number of aromatic nitrogens is 3. The van der Waals surface area contributed by atoms with Crippen molar-refractivity contribution >= 4 is 23.4 Å². The highest BCUT2D eigenvalue weighted by atomic mass is 32.2. The number of benzene rings is 2. The predicted molar refractivity (Wildman–Crippen MR) is 103 cm³/mol. The van der Waals surface area contributed by atoms with E-state index in [4.69, 9.17) is 0 Å². The Morgan fingerprint density at radius 3 is 2.52 bits per heavy atom. The zero-order valence-corrected chi connectivity index (χ0v) is 15.6. The van der Waals surface area contributed by atoms with E-state index >= 15 is 0 Å². The second-order valence-electron chi connectivity index (χ2n) is 6.42. The Hall–Kier alpha value is -2.87. The molecule has 0 fully saturated rings. The van der Waals surface area contributed by atoms with Crippen molar-refractivity contribution in [2.45, 2.75) is 30.3 Å². The van der Waals surface area contributed by atoms with E-state index in [1.54, 1.807) is 16.8 Å². The van der Waals surface area contributed by atoms with E-state index in [0.29, 0.717) is 11.0 Å². The quantitative estimate of drug-likeness (QED) is 0.725. The zero-order chi connectivity index (χ0) is 19.0. The smallest absolute Gasteiger partial charge is 0.240 e. The summed E-state index contributed by atoms with van der Waals surface area (Å²) in [6, 6.07) is 13.4. The Morgan fingerprint density at radius 1 is 1.11 bits per heavy atom. The van der Waals surface area contributed by atoms with Gasteiger partial charge in [-0.2, -0.15) is 0 Å². The second-order valence-corrected chi connectivity index (χ2v) is 7.53. The highest BCUT2D eigenvalue weighted by molar-refractivity contribution is 8.00. The van der Waals surface area contributed by atoms with Gasteiger partial charge in [0.1, 0.15) is 16.9 Å². The minimum absolute atomic E-state index is 0.155. The molecule has 138 valence electrons. The number of fused-ring (bicyclic) bond motifs is 1. The lowest BCUT2D eigenvalue weighted by molar-refractivity contribution is -0.116. The Kier molecular flexibility index (Phi) is 4.57. The van der Waals surface area contributed by atoms with Crippen molar-refractivity contribution in [2.24, 2.45) is 0 Å². The van der Waals surface area contributed by atoms with Gasteiger partial charge in [0.2, 0.25) is 11.1 Å². The molecule has 0 radical (unpaired) electrons. The van der Waals surface area contributed by atoms with Gasteiger partial charge in [-0.15, -0.1) is 10.2 Å². The molecule has 2 aromatic carbocycles. The summed E-state index contributed by atoms with van der Waals surface area (Å²) in [5.41, 5.74) is 5.96. The maximum Gasteiger partial charge on any atom is 0.240 e. The van der Waals surface area contributed by atoms with Gasteiger partial charge in [-0.25, -0.2) is 9.07 Å². The predicted octanol–water partition coefficient (Wildman–Crippen LogP) is 3.43. The number of nitrogens with one attached hydrogen (secondary N) is 2. The lowest BCUT2D eigenvalue weighted by Gasteiger charge is -2.32. The summed E-state index contributed by atoms with van der Waals surface area (Å²) < 4.78 is 15.1. The van der Waals surface area contributed by atoms with Crippen LogP contribution in [0, 0.1) is 19.7 Å². The van der Waals surface area contributed by atoms with Crippen LogP contribution < -0.4 is 10.7 Å². The third kappa shape index (κ3) is 3.52. The van der Waals surface area contributed by atoms with E-state index in [0.717, 1.165) is 16.8 Å². The highest BCUT2D eigenvalue weighted by Gasteiger charge is 2.37. The molecule has 0 unspecified atom stereocenters. The van der Waals surface area contributed by atoms with E-state index in [2.05, 4.69) is 20.9 Å². The Bertz CT molecular complexity index is 971. The van der Waals surface area contributed by atoms with Crippen molar-refractivity contribution in [3.05, 3.63) is 71.3 Å². The maximum atomic E-state index is 13.4. The molecule has 1 aliphatic rings. The molecule has 27 heavy (non-hydrogen) atoms. The molecular weight excluding hydrogens is 365 g/mol. The first kappa shape index (κ1) is 17.5. The van der Waals surface area contributed by atoms with E-state index < -0.39 is 5.25 Å². The summed E-state index contributed by atoms with van der Waals surface area (Å²) in [6.07, 6.45) is 0. The first-order valence-electron chi connectivity index (χ1n) is 8.49. The average Bonchev–Trinajstić information content (AvgIpc) is 3.03. The molecule has 3 aromatic rings. The van der Waals surface area contributed by atoms with Gasteiger partial charge >= 0.3 is 0 Å². The fourth-order valence-corrected chi connectivity index (χ4v) is 4.06. The largest absolute Gasteiger partial charge is 0.325 e. The van der Waals surface area contributed by atoms with Crippen LogP contribution in [-0.4, -0.2) is 26.0 Å². The SMILES string of the molecule is Cc1ccc(NC(=O)[C@@H]2Sc3nnc(C)n3N[C@H]2c2ccc(F)cc2)cc1. The fourth-order valence-electron chi connectivity index (χ4n) is 2.93. The number of amides is 1. The molecule has 0 aliphatic carbocycles. The lowest BCUT2D eigenvalue weighted by Crippen LogP contribution is -2.41. The average molecular weight is 383 g/mol. The van der Waals surface area contributed by atoms with Crippen molar-refractivity contribution in [1.29, 1.82) is 0 Å². The number of halogens is 1. The van der Waals surface area contributed by atoms with E-state index in [1.165, 1.54) is 23.9 Å². The van der Waals surface area contributed by atoms with Crippen molar-refractivity contribution in [3.8, 4) is 0 Å². The summed E-state index contributed by atoms with van der Waals surface area (Å²) in [5.74, 6) is 0.226. The molecule has 1 aromatic heterocycles. The van der Waals surface area contributed by atoms with Crippen LogP contribution in [0.25, 0.3) is 0 Å². The third-order valence-electron chi connectivity index (χ3n) is 4.41. The summed E-state index contributed by atoms with van der Waals surface area (Å²) in [6.45, 7) is 3.82. The molecule has 0 saturated heterocycles. The Morgan fingerprint density at radius 2 is 1.81 bits per heavy atom. The van der Waals surface area contributed by atoms with Gasteiger partial charge in [-0.1, -0.05) is 41.6 Å². The van der Waals surface area contributed by atoms with Crippen LogP contribution in [0.1, 0.15) is 23.0 Å². The van der Waals surface area contributed by atoms with Crippen LogP contribution in [-0.2, 0) is 4.79 Å². The van der Waals surface area contributed by atoms with E-state index in [-0.39, 0.29) is 17.8 Å². The van der Waals surface area contributed by atoms with Crippen LogP contribution >= 0.6 is 11.8 Å². The summed E-state index contributed by atoms with van der Waals surface area (Å²) in [4.78, 5) is 13.0. The van der Waals surface area contributed by atoms with E-state index in [1.807, 2.05) is 38.1 Å². The number of anilines is 1. The third-order valence-corrected chi connectivity index (χ3v) is 5.62. The number of carbonyl (C=O) groups excluding carboxylic acids is 1. The van der Waals surface area contributed by atoms with Gasteiger partial charge < -0.3 is 10.7 Å². The van der Waals surface area contributed by atoms with Gasteiger partial charge in [-0.05, 0) is 43.7 Å². The second kappa shape index (κ2) is 7.03. The van der Waals surface area contributed by atoms with Crippen molar-refractivity contribution < 1.29 is 9.18 Å². The fraction of sp³-hybridized carbons (Fsp3) is 0.211. The summed E-state index contributed by atoms with van der Waals surface area (Å²) >= 11 is 1.34. The molecule has 0 bridgehead atoms. The molecule has 0 saturated carbocycles. The molecule has 1 amide bonds. The number of hydrogen-bond acceptors (Lipinski definition) is 5. The van der Waals surface area contributed by atoms with Gasteiger partial charge in [0, 0.05) is 5.69 Å². The number of hydrogen-bond donors (Lipinski definition) is 2. The van der Waals surface area contributed by atoms with Crippen LogP contribution in [0.2, 0.25) is 0 Å². The molecule has 2 atom stereocenters. The minimum Gasteiger partial charge on any atom is -0.325 e. The monoisotopic (exact) mass is 383 g/mol. The van der Waals surface area contributed by atoms with Crippen molar-refractivity contribution in [3.63, 3.8) is 0 Å². The number of aryl methyl sites for hydroxylation is 2.